The summed E-state index contributed by atoms with van der Waals surface area (Å²) in [5.41, 5.74) is 0.431. The second-order valence-electron chi connectivity index (χ2n) is 4.54. The number of hydrogen-bond donors (Lipinski definition) is 2. The van der Waals surface area contributed by atoms with Crippen molar-refractivity contribution in [3.63, 3.8) is 0 Å². The van der Waals surface area contributed by atoms with E-state index in [0.29, 0.717) is 11.1 Å². The lowest BCUT2D eigenvalue weighted by Crippen LogP contribution is -2.09. The molecule has 0 heterocycles. The molecule has 2 rings (SSSR count). The first-order chi connectivity index (χ1) is 10.2. The van der Waals surface area contributed by atoms with Gasteiger partial charge < -0.3 is 10.1 Å². The lowest BCUT2D eigenvalue weighted by Gasteiger charge is -2.13. The molecule has 7 nitrogen and oxygen atoms in total. The van der Waals surface area contributed by atoms with Crippen LogP contribution in [0.1, 0.15) is 13.8 Å². The number of hydrogen-bond acceptors (Lipinski definition) is 5. The number of anilines is 1. The van der Waals surface area contributed by atoms with E-state index in [-0.39, 0.29) is 29.4 Å². The van der Waals surface area contributed by atoms with Crippen LogP contribution in [-0.2, 0) is 19.7 Å². The minimum Gasteiger partial charge on any atom is -0.425 e. The number of ether oxygens (including phenoxy) is 1. The van der Waals surface area contributed by atoms with Crippen LogP contribution in [0.5, 0.6) is 5.75 Å². The molecule has 0 fully saturated rings. The lowest BCUT2D eigenvalue weighted by atomic mass is 10.1. The molecule has 0 aromatic heterocycles. The molecule has 1 amide bonds. The number of amides is 1. The quantitative estimate of drug-likeness (QED) is 0.494. The Bertz CT molecular complexity index is 878. The number of esters is 1. The van der Waals surface area contributed by atoms with E-state index < -0.39 is 21.0 Å². The van der Waals surface area contributed by atoms with Gasteiger partial charge >= 0.3 is 5.97 Å². The molecule has 0 unspecified atom stereocenters. The number of benzene rings is 2. The summed E-state index contributed by atoms with van der Waals surface area (Å²) in [7, 11) is -4.57. The van der Waals surface area contributed by atoms with Crippen LogP contribution in [0, 0.1) is 0 Å². The fraction of sp³-hybridized carbons (Fsp3) is 0.143. The van der Waals surface area contributed by atoms with Crippen molar-refractivity contribution < 1.29 is 27.3 Å². The number of nitrogens with one attached hydrogen (secondary N) is 1. The highest BCUT2D eigenvalue weighted by atomic mass is 35.5. The number of rotatable bonds is 3. The summed E-state index contributed by atoms with van der Waals surface area (Å²) in [6.07, 6.45) is 0. The van der Waals surface area contributed by atoms with Crippen molar-refractivity contribution in [2.45, 2.75) is 18.7 Å². The average Bonchev–Trinajstić information content (AvgIpc) is 2.37. The maximum absolute atomic E-state index is 11.4. The molecule has 0 atom stereocenters. The molecule has 23 heavy (non-hydrogen) atoms. The summed E-state index contributed by atoms with van der Waals surface area (Å²) < 4.78 is 37.1. The van der Waals surface area contributed by atoms with Crippen molar-refractivity contribution in [2.24, 2.45) is 0 Å². The summed E-state index contributed by atoms with van der Waals surface area (Å²) in [4.78, 5) is 21.9. The highest BCUT2D eigenvalue weighted by Crippen LogP contribution is 2.36. The van der Waals surface area contributed by atoms with Gasteiger partial charge in [0.25, 0.3) is 10.1 Å². The summed E-state index contributed by atoms with van der Waals surface area (Å²) in [6.45, 7) is 2.45. The number of fused-ring (bicyclic) bond motifs is 1. The third-order valence-corrected chi connectivity index (χ3v) is 3.69. The third kappa shape index (κ3) is 4.19. The van der Waals surface area contributed by atoms with E-state index in [4.69, 9.17) is 4.74 Å². The van der Waals surface area contributed by atoms with Gasteiger partial charge in [-0.1, -0.05) is 18.2 Å². The Hall–Kier alpha value is -2.16. The van der Waals surface area contributed by atoms with Crippen molar-refractivity contribution in [1.82, 2.24) is 0 Å². The molecule has 0 bridgehead atoms. The lowest BCUT2D eigenvalue weighted by molar-refractivity contribution is -0.132. The van der Waals surface area contributed by atoms with E-state index in [1.807, 2.05) is 0 Å². The summed E-state index contributed by atoms with van der Waals surface area (Å²) >= 11 is 0. The first kappa shape index (κ1) is 18.9. The molecule has 2 aromatic carbocycles. The van der Waals surface area contributed by atoms with Crippen LogP contribution in [0.25, 0.3) is 10.8 Å². The van der Waals surface area contributed by atoms with Gasteiger partial charge in [-0.15, -0.1) is 12.4 Å². The molecule has 0 aliphatic rings. The number of carbonyl (C=O) groups is 2. The van der Waals surface area contributed by atoms with Crippen LogP contribution in [0.3, 0.4) is 0 Å². The highest BCUT2D eigenvalue weighted by Gasteiger charge is 2.21. The van der Waals surface area contributed by atoms with Crippen molar-refractivity contribution in [1.29, 1.82) is 0 Å². The minimum atomic E-state index is -4.57. The Kier molecular flexibility index (Phi) is 5.70. The molecule has 0 spiro atoms. The highest BCUT2D eigenvalue weighted by molar-refractivity contribution is 7.86. The molecule has 0 saturated carbocycles. The number of halogens is 1. The van der Waals surface area contributed by atoms with Crippen LogP contribution in [-0.4, -0.2) is 24.8 Å². The first-order valence-electron chi connectivity index (χ1n) is 6.19. The van der Waals surface area contributed by atoms with E-state index in [9.17, 15) is 22.6 Å². The third-order valence-electron chi connectivity index (χ3n) is 2.81. The van der Waals surface area contributed by atoms with Crippen LogP contribution < -0.4 is 10.1 Å². The zero-order chi connectivity index (χ0) is 16.5. The van der Waals surface area contributed by atoms with Crippen LogP contribution in [0.4, 0.5) is 5.69 Å². The van der Waals surface area contributed by atoms with Gasteiger partial charge in [-0.05, 0) is 12.1 Å². The second kappa shape index (κ2) is 6.95. The molecule has 0 aliphatic heterocycles. The van der Waals surface area contributed by atoms with Crippen LogP contribution in [0.15, 0.2) is 35.2 Å². The van der Waals surface area contributed by atoms with Gasteiger partial charge in [-0.25, -0.2) is 0 Å². The Morgan fingerprint density at radius 2 is 1.74 bits per heavy atom. The van der Waals surface area contributed by atoms with E-state index in [2.05, 4.69) is 5.32 Å². The van der Waals surface area contributed by atoms with Gasteiger partial charge in [0.1, 0.15) is 4.90 Å². The molecule has 0 saturated heterocycles. The monoisotopic (exact) mass is 359 g/mol. The molecule has 2 aromatic rings. The average molecular weight is 360 g/mol. The number of carbonyl (C=O) groups excluding carboxylic acids is 2. The summed E-state index contributed by atoms with van der Waals surface area (Å²) in [5.74, 6) is -1.32. The minimum absolute atomic E-state index is 0. The SMILES string of the molecule is CC(=O)Nc1cccc2c(OC(C)=O)c(S(=O)(=O)O)ccc12.Cl. The van der Waals surface area contributed by atoms with Gasteiger partial charge in [0.05, 0.1) is 0 Å². The predicted octanol–water partition coefficient (Wildman–Crippen LogP) is 2.39. The molecule has 0 aliphatic carbocycles. The van der Waals surface area contributed by atoms with Gasteiger partial charge in [-0.2, -0.15) is 8.42 Å². The largest absolute Gasteiger partial charge is 0.425 e. The Labute approximate surface area is 138 Å². The van der Waals surface area contributed by atoms with E-state index in [1.54, 1.807) is 12.1 Å². The normalized spacial score (nSPS) is 10.7. The Morgan fingerprint density at radius 3 is 2.26 bits per heavy atom. The summed E-state index contributed by atoms with van der Waals surface area (Å²) in [5, 5.41) is 3.34. The molecular formula is C14H14ClNO6S. The fourth-order valence-corrected chi connectivity index (χ4v) is 2.69. The maximum atomic E-state index is 11.4. The summed E-state index contributed by atoms with van der Waals surface area (Å²) in [6, 6.07) is 7.23. The standard InChI is InChI=1S/C14H13NO6S.ClH/c1-8(16)15-12-5-3-4-11-10(12)6-7-13(22(18,19)20)14(11)21-9(2)17;/h3-7H,1-2H3,(H,15,16)(H,18,19,20);1H. The predicted molar refractivity (Wildman–Crippen MR) is 86.6 cm³/mol. The maximum Gasteiger partial charge on any atom is 0.308 e. The molecule has 0 radical (unpaired) electrons. The van der Waals surface area contributed by atoms with Crippen molar-refractivity contribution in [2.75, 3.05) is 5.32 Å². The Balaban J connectivity index is 0.00000264. The van der Waals surface area contributed by atoms with E-state index >= 15 is 0 Å². The Morgan fingerprint density at radius 1 is 1.09 bits per heavy atom. The van der Waals surface area contributed by atoms with Gasteiger partial charge in [0.2, 0.25) is 5.91 Å². The molecule has 124 valence electrons. The molecule has 9 heteroatoms. The topological polar surface area (TPSA) is 110 Å². The fourth-order valence-electron chi connectivity index (χ4n) is 2.06. The van der Waals surface area contributed by atoms with Crippen molar-refractivity contribution in [3.8, 4) is 5.75 Å². The van der Waals surface area contributed by atoms with Gasteiger partial charge in [0, 0.05) is 30.3 Å². The van der Waals surface area contributed by atoms with Gasteiger partial charge in [0.15, 0.2) is 5.75 Å². The molecule has 2 N–H and O–H groups in total. The first-order valence-corrected chi connectivity index (χ1v) is 7.63. The smallest absolute Gasteiger partial charge is 0.308 e. The van der Waals surface area contributed by atoms with Crippen molar-refractivity contribution >= 4 is 50.9 Å². The van der Waals surface area contributed by atoms with Gasteiger partial charge in [-0.3, -0.25) is 14.1 Å². The zero-order valence-corrected chi connectivity index (χ0v) is 13.8. The van der Waals surface area contributed by atoms with Crippen LogP contribution in [0.2, 0.25) is 0 Å². The van der Waals surface area contributed by atoms with E-state index in [0.717, 1.165) is 13.0 Å². The zero-order valence-electron chi connectivity index (χ0n) is 12.2. The molecular weight excluding hydrogens is 346 g/mol. The van der Waals surface area contributed by atoms with Crippen LogP contribution >= 0.6 is 12.4 Å². The second-order valence-corrected chi connectivity index (χ2v) is 5.93. The van der Waals surface area contributed by atoms with E-state index in [1.165, 1.54) is 19.1 Å². The van der Waals surface area contributed by atoms with Crippen molar-refractivity contribution in [3.05, 3.63) is 30.3 Å².